The third-order valence-corrected chi connectivity index (χ3v) is 3.44. The fraction of sp³-hybridized carbons (Fsp3) is 0.222. The molecule has 24 heavy (non-hydrogen) atoms. The van der Waals surface area contributed by atoms with E-state index >= 15 is 0 Å². The maximum absolute atomic E-state index is 11.4. The van der Waals surface area contributed by atoms with Crippen LogP contribution in [0.5, 0.6) is 0 Å². The summed E-state index contributed by atoms with van der Waals surface area (Å²) in [7, 11) is 1.36. The number of aryl methyl sites for hydroxylation is 1. The Kier molecular flexibility index (Phi) is 8.25. The molecule has 0 fully saturated rings. The number of ether oxygens (including phenoxy) is 1. The lowest BCUT2D eigenvalue weighted by Crippen LogP contribution is -2.22. The highest BCUT2D eigenvalue weighted by atomic mass is 127. The Morgan fingerprint density at radius 3 is 2.21 bits per heavy atom. The summed E-state index contributed by atoms with van der Waals surface area (Å²) in [5, 5.41) is 3.06. The smallest absolute Gasteiger partial charge is 0.337 e. The van der Waals surface area contributed by atoms with Crippen LogP contribution in [0, 0.1) is 0 Å². The number of nitrogens with one attached hydrogen (secondary N) is 1. The zero-order valence-corrected chi connectivity index (χ0v) is 16.1. The van der Waals surface area contributed by atoms with Crippen LogP contribution in [0.25, 0.3) is 0 Å². The summed E-state index contributed by atoms with van der Waals surface area (Å²) in [6.45, 7) is 2.55. The van der Waals surface area contributed by atoms with Crippen molar-refractivity contribution in [2.75, 3.05) is 12.4 Å². The van der Waals surface area contributed by atoms with Gasteiger partial charge >= 0.3 is 5.97 Å². The molecule has 0 bridgehead atoms. The first-order valence-electron chi connectivity index (χ1n) is 7.45. The van der Waals surface area contributed by atoms with E-state index in [-0.39, 0.29) is 29.9 Å². The number of guanidine groups is 1. The van der Waals surface area contributed by atoms with Crippen molar-refractivity contribution in [3.05, 3.63) is 65.2 Å². The molecule has 0 aromatic heterocycles. The van der Waals surface area contributed by atoms with E-state index in [4.69, 9.17) is 5.73 Å². The third-order valence-electron chi connectivity index (χ3n) is 3.44. The van der Waals surface area contributed by atoms with Crippen LogP contribution in [0.2, 0.25) is 0 Å². The Bertz CT molecular complexity index is 682. The molecule has 0 spiro atoms. The summed E-state index contributed by atoms with van der Waals surface area (Å²) < 4.78 is 4.66. The fourth-order valence-electron chi connectivity index (χ4n) is 2.05. The Balaban J connectivity index is 0.00000288. The summed E-state index contributed by atoms with van der Waals surface area (Å²) in [4.78, 5) is 15.7. The highest BCUT2D eigenvalue weighted by Crippen LogP contribution is 2.10. The molecule has 6 heteroatoms. The number of nitrogens with two attached hydrogens (primary N) is 1. The van der Waals surface area contributed by atoms with Crippen molar-refractivity contribution >= 4 is 41.6 Å². The minimum Gasteiger partial charge on any atom is -0.465 e. The van der Waals surface area contributed by atoms with E-state index in [1.807, 2.05) is 24.3 Å². The van der Waals surface area contributed by atoms with Gasteiger partial charge in [-0.2, -0.15) is 0 Å². The van der Waals surface area contributed by atoms with E-state index in [2.05, 4.69) is 34.1 Å². The van der Waals surface area contributed by atoms with Crippen LogP contribution >= 0.6 is 24.0 Å². The van der Waals surface area contributed by atoms with Crippen molar-refractivity contribution in [3.63, 3.8) is 0 Å². The molecule has 0 saturated heterocycles. The van der Waals surface area contributed by atoms with Gasteiger partial charge in [0.25, 0.3) is 0 Å². The number of aliphatic imine (C=N–C) groups is 1. The van der Waals surface area contributed by atoms with E-state index in [1.165, 1.54) is 12.7 Å². The lowest BCUT2D eigenvalue weighted by Gasteiger charge is -2.06. The minimum absolute atomic E-state index is 0. The average molecular weight is 439 g/mol. The quantitative estimate of drug-likeness (QED) is 0.323. The van der Waals surface area contributed by atoms with Crippen LogP contribution < -0.4 is 11.1 Å². The van der Waals surface area contributed by atoms with E-state index < -0.39 is 0 Å². The number of carbonyl (C=O) groups excluding carboxylic acids is 1. The van der Waals surface area contributed by atoms with Crippen LogP contribution in [-0.4, -0.2) is 19.0 Å². The lowest BCUT2D eigenvalue weighted by atomic mass is 10.1. The second kappa shape index (κ2) is 9.92. The third kappa shape index (κ3) is 5.84. The van der Waals surface area contributed by atoms with Crippen molar-refractivity contribution in [2.24, 2.45) is 10.7 Å². The number of methoxy groups -OCH3 is 1. The lowest BCUT2D eigenvalue weighted by molar-refractivity contribution is 0.0600. The summed E-state index contributed by atoms with van der Waals surface area (Å²) in [6, 6.07) is 15.2. The molecule has 0 heterocycles. The van der Waals surface area contributed by atoms with Gasteiger partial charge in [-0.3, -0.25) is 0 Å². The zero-order chi connectivity index (χ0) is 16.7. The van der Waals surface area contributed by atoms with E-state index in [1.54, 1.807) is 12.1 Å². The summed E-state index contributed by atoms with van der Waals surface area (Å²) in [5.41, 5.74) is 9.55. The molecule has 0 atom stereocenters. The molecule has 0 aliphatic carbocycles. The molecule has 0 unspecified atom stereocenters. The minimum atomic E-state index is -0.350. The average Bonchev–Trinajstić information content (AvgIpc) is 2.60. The highest BCUT2D eigenvalue weighted by Gasteiger charge is 2.04. The van der Waals surface area contributed by atoms with Crippen molar-refractivity contribution in [3.8, 4) is 0 Å². The molecule has 0 saturated carbocycles. The summed E-state index contributed by atoms with van der Waals surface area (Å²) >= 11 is 0. The van der Waals surface area contributed by atoms with Gasteiger partial charge in [-0.15, -0.1) is 24.0 Å². The van der Waals surface area contributed by atoms with Crippen LogP contribution in [-0.2, 0) is 17.7 Å². The molecule has 5 nitrogen and oxygen atoms in total. The topological polar surface area (TPSA) is 76.7 Å². The number of esters is 1. The van der Waals surface area contributed by atoms with Crippen molar-refractivity contribution in [1.82, 2.24) is 0 Å². The molecule has 2 aromatic rings. The van der Waals surface area contributed by atoms with Crippen molar-refractivity contribution in [1.29, 1.82) is 0 Å². The largest absolute Gasteiger partial charge is 0.465 e. The zero-order valence-electron chi connectivity index (χ0n) is 13.8. The van der Waals surface area contributed by atoms with Crippen LogP contribution in [0.15, 0.2) is 53.5 Å². The summed E-state index contributed by atoms with van der Waals surface area (Å²) in [5.74, 6) is 0.00282. The molecule has 0 aliphatic rings. The maximum Gasteiger partial charge on any atom is 0.337 e. The number of anilines is 1. The van der Waals surface area contributed by atoms with Gasteiger partial charge < -0.3 is 15.8 Å². The first kappa shape index (κ1) is 20.0. The van der Waals surface area contributed by atoms with E-state index in [9.17, 15) is 4.79 Å². The molecular weight excluding hydrogens is 417 g/mol. The van der Waals surface area contributed by atoms with Gasteiger partial charge in [-0.05, 0) is 41.8 Å². The van der Waals surface area contributed by atoms with Crippen molar-refractivity contribution in [2.45, 2.75) is 19.9 Å². The number of carbonyl (C=O) groups is 1. The molecule has 2 aromatic carbocycles. The normalized spacial score (nSPS) is 10.7. The molecule has 3 N–H and O–H groups in total. The number of hydrogen-bond acceptors (Lipinski definition) is 3. The van der Waals surface area contributed by atoms with Gasteiger partial charge in [0.2, 0.25) is 0 Å². The van der Waals surface area contributed by atoms with Crippen LogP contribution in [0.1, 0.15) is 28.4 Å². The SMILES string of the molecule is CCc1ccc(NC(N)=NCc2ccc(C(=O)OC)cc2)cc1.I. The molecular formula is C18H22IN3O2. The summed E-state index contributed by atoms with van der Waals surface area (Å²) in [6.07, 6.45) is 1.01. The molecule has 0 radical (unpaired) electrons. The molecule has 2 rings (SSSR count). The van der Waals surface area contributed by atoms with Crippen molar-refractivity contribution < 1.29 is 9.53 Å². The second-order valence-electron chi connectivity index (χ2n) is 5.07. The number of nitrogens with zero attached hydrogens (tertiary/aromatic N) is 1. The monoisotopic (exact) mass is 439 g/mol. The van der Waals surface area contributed by atoms with Gasteiger partial charge in [-0.1, -0.05) is 31.2 Å². The van der Waals surface area contributed by atoms with Gasteiger partial charge in [0.1, 0.15) is 0 Å². The van der Waals surface area contributed by atoms with E-state index in [0.717, 1.165) is 17.7 Å². The Morgan fingerprint density at radius 1 is 1.08 bits per heavy atom. The first-order chi connectivity index (χ1) is 11.1. The Labute approximate surface area is 159 Å². The number of benzene rings is 2. The molecule has 0 amide bonds. The predicted octanol–water partition coefficient (Wildman–Crippen LogP) is 3.58. The number of halogens is 1. The number of hydrogen-bond donors (Lipinski definition) is 2. The standard InChI is InChI=1S/C18H21N3O2.HI/c1-3-13-6-10-16(11-7-13)21-18(19)20-12-14-4-8-15(9-5-14)17(22)23-2;/h4-11H,3,12H2,1-2H3,(H3,19,20,21);1H. The van der Waals surface area contributed by atoms with Gasteiger partial charge in [0, 0.05) is 5.69 Å². The van der Waals surface area contributed by atoms with Gasteiger partial charge in [0.15, 0.2) is 5.96 Å². The highest BCUT2D eigenvalue weighted by molar-refractivity contribution is 14.0. The van der Waals surface area contributed by atoms with Gasteiger partial charge in [0.05, 0.1) is 19.2 Å². The Hall–Kier alpha value is -2.09. The maximum atomic E-state index is 11.4. The molecule has 128 valence electrons. The second-order valence-corrected chi connectivity index (χ2v) is 5.07. The fourth-order valence-corrected chi connectivity index (χ4v) is 2.05. The molecule has 0 aliphatic heterocycles. The first-order valence-corrected chi connectivity index (χ1v) is 7.45. The predicted molar refractivity (Wildman–Crippen MR) is 108 cm³/mol. The Morgan fingerprint density at radius 2 is 1.67 bits per heavy atom. The van der Waals surface area contributed by atoms with E-state index in [0.29, 0.717) is 18.1 Å². The van der Waals surface area contributed by atoms with Crippen LogP contribution in [0.4, 0.5) is 5.69 Å². The number of rotatable bonds is 5. The van der Waals surface area contributed by atoms with Crippen LogP contribution in [0.3, 0.4) is 0 Å². The van der Waals surface area contributed by atoms with Gasteiger partial charge in [-0.25, -0.2) is 9.79 Å².